The normalized spacial score (nSPS) is 13.7. The highest BCUT2D eigenvalue weighted by molar-refractivity contribution is 5.84. The standard InChI is InChI=1S/C12H21N3O4/c1-15(8-10(16)14-9-5-6-9)12(19)13-7-3-2-4-11(17)18/h9H,2-8H2,1H3,(H,13,19)(H,14,16)(H,17,18). The Morgan fingerprint density at radius 1 is 1.26 bits per heavy atom. The Labute approximate surface area is 112 Å². The SMILES string of the molecule is CN(CC(=O)NC1CC1)C(=O)NCCCCC(=O)O. The number of carbonyl (C=O) groups excluding carboxylic acids is 2. The Morgan fingerprint density at radius 3 is 2.53 bits per heavy atom. The van der Waals surface area contributed by atoms with E-state index in [1.165, 1.54) is 4.90 Å². The molecule has 0 aromatic rings. The Balaban J connectivity index is 2.06. The average Bonchev–Trinajstić information content (AvgIpc) is 3.11. The van der Waals surface area contributed by atoms with Crippen LogP contribution in [0.5, 0.6) is 0 Å². The molecule has 1 saturated carbocycles. The summed E-state index contributed by atoms with van der Waals surface area (Å²) in [4.78, 5) is 34.7. The molecule has 0 spiro atoms. The van der Waals surface area contributed by atoms with Gasteiger partial charge in [0.15, 0.2) is 0 Å². The van der Waals surface area contributed by atoms with Gasteiger partial charge in [-0.25, -0.2) is 4.79 Å². The number of urea groups is 1. The number of nitrogens with zero attached hydrogens (tertiary/aromatic N) is 1. The summed E-state index contributed by atoms with van der Waals surface area (Å²) in [6.07, 6.45) is 3.29. The first kappa shape index (κ1) is 15.3. The molecule has 0 unspecified atom stereocenters. The van der Waals surface area contributed by atoms with Crippen molar-refractivity contribution in [2.24, 2.45) is 0 Å². The zero-order chi connectivity index (χ0) is 14.3. The van der Waals surface area contributed by atoms with Gasteiger partial charge in [-0.15, -0.1) is 0 Å². The number of unbranched alkanes of at least 4 members (excludes halogenated alkanes) is 1. The molecule has 0 atom stereocenters. The number of aliphatic carboxylic acids is 1. The minimum absolute atomic E-state index is 0.0391. The molecule has 19 heavy (non-hydrogen) atoms. The third kappa shape index (κ3) is 7.28. The van der Waals surface area contributed by atoms with Gasteiger partial charge in [0, 0.05) is 26.1 Å². The van der Waals surface area contributed by atoms with Gasteiger partial charge < -0.3 is 20.6 Å². The molecule has 3 amide bonds. The number of carboxylic acid groups (broad SMARTS) is 1. The Kier molecular flexibility index (Phi) is 6.11. The van der Waals surface area contributed by atoms with Crippen LogP contribution in [0.3, 0.4) is 0 Å². The van der Waals surface area contributed by atoms with Crippen molar-refractivity contribution in [2.75, 3.05) is 20.1 Å². The van der Waals surface area contributed by atoms with Gasteiger partial charge in [-0.1, -0.05) is 0 Å². The summed E-state index contributed by atoms with van der Waals surface area (Å²) >= 11 is 0. The highest BCUT2D eigenvalue weighted by Crippen LogP contribution is 2.18. The van der Waals surface area contributed by atoms with E-state index in [1.807, 2.05) is 0 Å². The number of carboxylic acids is 1. The molecule has 108 valence electrons. The topological polar surface area (TPSA) is 98.7 Å². The zero-order valence-corrected chi connectivity index (χ0v) is 11.1. The predicted molar refractivity (Wildman–Crippen MR) is 68.7 cm³/mol. The lowest BCUT2D eigenvalue weighted by molar-refractivity contribution is -0.137. The van der Waals surface area contributed by atoms with Crippen LogP contribution in [0.4, 0.5) is 4.79 Å². The van der Waals surface area contributed by atoms with E-state index in [2.05, 4.69) is 10.6 Å². The smallest absolute Gasteiger partial charge is 0.317 e. The van der Waals surface area contributed by atoms with Gasteiger partial charge in [0.25, 0.3) is 0 Å². The van der Waals surface area contributed by atoms with Crippen molar-refractivity contribution in [3.05, 3.63) is 0 Å². The molecule has 1 rings (SSSR count). The second-order valence-electron chi connectivity index (χ2n) is 4.78. The van der Waals surface area contributed by atoms with Crippen molar-refractivity contribution in [3.8, 4) is 0 Å². The van der Waals surface area contributed by atoms with Crippen LogP contribution >= 0.6 is 0 Å². The molecule has 1 fully saturated rings. The highest BCUT2D eigenvalue weighted by Gasteiger charge is 2.24. The lowest BCUT2D eigenvalue weighted by Crippen LogP contribution is -2.44. The van der Waals surface area contributed by atoms with Crippen LogP contribution in [0.2, 0.25) is 0 Å². The fraction of sp³-hybridized carbons (Fsp3) is 0.750. The van der Waals surface area contributed by atoms with Gasteiger partial charge in [-0.3, -0.25) is 9.59 Å². The maximum atomic E-state index is 11.6. The van der Waals surface area contributed by atoms with E-state index in [9.17, 15) is 14.4 Å². The molecule has 0 aromatic carbocycles. The van der Waals surface area contributed by atoms with Crippen molar-refractivity contribution in [2.45, 2.75) is 38.1 Å². The van der Waals surface area contributed by atoms with E-state index >= 15 is 0 Å². The third-order valence-corrected chi connectivity index (χ3v) is 2.76. The van der Waals surface area contributed by atoms with Crippen molar-refractivity contribution in [3.63, 3.8) is 0 Å². The number of carbonyl (C=O) groups is 3. The monoisotopic (exact) mass is 271 g/mol. The fourth-order valence-corrected chi connectivity index (χ4v) is 1.52. The minimum atomic E-state index is -0.833. The molecule has 7 heteroatoms. The van der Waals surface area contributed by atoms with Gasteiger partial charge in [-0.05, 0) is 25.7 Å². The first-order valence-electron chi connectivity index (χ1n) is 6.49. The predicted octanol–water partition coefficient (Wildman–Crippen LogP) is 0.161. The van der Waals surface area contributed by atoms with Crippen LogP contribution in [0.1, 0.15) is 32.1 Å². The van der Waals surface area contributed by atoms with Crippen LogP contribution in [-0.2, 0) is 9.59 Å². The summed E-state index contributed by atoms with van der Waals surface area (Å²) in [5.74, 6) is -0.980. The van der Waals surface area contributed by atoms with E-state index < -0.39 is 5.97 Å². The van der Waals surface area contributed by atoms with Crippen LogP contribution in [0.25, 0.3) is 0 Å². The largest absolute Gasteiger partial charge is 0.481 e. The number of amides is 3. The summed E-state index contributed by atoms with van der Waals surface area (Å²) in [5.41, 5.74) is 0. The van der Waals surface area contributed by atoms with Crippen molar-refractivity contribution >= 4 is 17.9 Å². The van der Waals surface area contributed by atoms with Crippen molar-refractivity contribution < 1.29 is 19.5 Å². The molecule has 1 aliphatic carbocycles. The maximum Gasteiger partial charge on any atom is 0.317 e. The second-order valence-corrected chi connectivity index (χ2v) is 4.78. The molecule has 0 saturated heterocycles. The highest BCUT2D eigenvalue weighted by atomic mass is 16.4. The first-order chi connectivity index (χ1) is 8.99. The molecule has 0 aromatic heterocycles. The van der Waals surface area contributed by atoms with Crippen molar-refractivity contribution in [1.82, 2.24) is 15.5 Å². The first-order valence-corrected chi connectivity index (χ1v) is 6.49. The van der Waals surface area contributed by atoms with Crippen LogP contribution in [0, 0.1) is 0 Å². The fourth-order valence-electron chi connectivity index (χ4n) is 1.52. The zero-order valence-electron chi connectivity index (χ0n) is 11.1. The number of hydrogen-bond donors (Lipinski definition) is 3. The summed E-state index contributed by atoms with van der Waals surface area (Å²) in [6.45, 7) is 0.457. The molecule has 0 aliphatic heterocycles. The number of rotatable bonds is 8. The molecule has 0 radical (unpaired) electrons. The number of likely N-dealkylation sites (N-methyl/N-ethyl adjacent to an activating group) is 1. The van der Waals surface area contributed by atoms with Gasteiger partial charge in [-0.2, -0.15) is 0 Å². The van der Waals surface area contributed by atoms with Crippen LogP contribution < -0.4 is 10.6 Å². The molecular weight excluding hydrogens is 250 g/mol. The second kappa shape index (κ2) is 7.60. The van der Waals surface area contributed by atoms with E-state index in [0.717, 1.165) is 12.8 Å². The maximum absolute atomic E-state index is 11.6. The molecule has 0 bridgehead atoms. The molecule has 3 N–H and O–H groups in total. The Hall–Kier alpha value is -1.79. The van der Waals surface area contributed by atoms with E-state index in [4.69, 9.17) is 5.11 Å². The van der Waals surface area contributed by atoms with Gasteiger partial charge >= 0.3 is 12.0 Å². The number of hydrogen-bond acceptors (Lipinski definition) is 3. The van der Waals surface area contributed by atoms with Crippen LogP contribution in [0.15, 0.2) is 0 Å². The summed E-state index contributed by atoms with van der Waals surface area (Å²) < 4.78 is 0. The third-order valence-electron chi connectivity index (χ3n) is 2.76. The summed E-state index contributed by atoms with van der Waals surface area (Å²) in [7, 11) is 1.55. The quantitative estimate of drug-likeness (QED) is 0.548. The summed E-state index contributed by atoms with van der Waals surface area (Å²) in [6, 6.07) is -0.0266. The van der Waals surface area contributed by atoms with E-state index in [-0.39, 0.29) is 24.9 Å². The van der Waals surface area contributed by atoms with Gasteiger partial charge in [0.1, 0.15) is 6.54 Å². The van der Waals surface area contributed by atoms with Gasteiger partial charge in [0.2, 0.25) is 5.91 Å². The Morgan fingerprint density at radius 2 is 1.95 bits per heavy atom. The van der Waals surface area contributed by atoms with E-state index in [0.29, 0.717) is 25.4 Å². The van der Waals surface area contributed by atoms with Gasteiger partial charge in [0.05, 0.1) is 0 Å². The number of nitrogens with one attached hydrogen (secondary N) is 2. The summed E-state index contributed by atoms with van der Waals surface area (Å²) in [5, 5.41) is 13.9. The molecule has 1 aliphatic rings. The lowest BCUT2D eigenvalue weighted by Gasteiger charge is -2.17. The van der Waals surface area contributed by atoms with Crippen molar-refractivity contribution in [1.29, 1.82) is 0 Å². The Bertz CT molecular complexity index is 342. The minimum Gasteiger partial charge on any atom is -0.481 e. The van der Waals surface area contributed by atoms with Crippen LogP contribution in [-0.4, -0.2) is 54.1 Å². The molecule has 7 nitrogen and oxygen atoms in total. The molecule has 0 heterocycles. The lowest BCUT2D eigenvalue weighted by atomic mass is 10.2. The average molecular weight is 271 g/mol. The van der Waals surface area contributed by atoms with E-state index in [1.54, 1.807) is 7.05 Å². The molecular formula is C12H21N3O4.